The number of hydrogen-bond acceptors (Lipinski definition) is 2. The van der Waals surface area contributed by atoms with E-state index in [0.717, 1.165) is 19.6 Å². The van der Waals surface area contributed by atoms with Crippen molar-refractivity contribution in [3.8, 4) is 0 Å². The minimum Gasteiger partial charge on any atom is -0.316 e. The number of nitrogens with zero attached hydrogens (tertiary/aromatic N) is 1. The van der Waals surface area contributed by atoms with E-state index < -0.39 is 0 Å². The van der Waals surface area contributed by atoms with Crippen LogP contribution in [0.3, 0.4) is 0 Å². The third-order valence-electron chi connectivity index (χ3n) is 2.75. The molecule has 1 aromatic rings. The van der Waals surface area contributed by atoms with Crippen molar-refractivity contribution < 1.29 is 0 Å². The van der Waals surface area contributed by atoms with Gasteiger partial charge in [0, 0.05) is 18.8 Å². The van der Waals surface area contributed by atoms with Crippen LogP contribution in [0, 0.1) is 5.92 Å². The van der Waals surface area contributed by atoms with Crippen molar-refractivity contribution in [3.05, 3.63) is 34.7 Å². The number of hydrogen-bond donors (Lipinski definition) is 1. The summed E-state index contributed by atoms with van der Waals surface area (Å²) < 4.78 is 1.80. The Morgan fingerprint density at radius 1 is 1.44 bits per heavy atom. The van der Waals surface area contributed by atoms with Gasteiger partial charge in [-0.3, -0.25) is 4.79 Å². The van der Waals surface area contributed by atoms with Gasteiger partial charge in [-0.15, -0.1) is 0 Å². The fourth-order valence-electron chi connectivity index (χ4n) is 1.97. The molecule has 0 bridgehead atoms. The van der Waals surface area contributed by atoms with Gasteiger partial charge in [-0.2, -0.15) is 0 Å². The molecule has 16 heavy (non-hydrogen) atoms. The monoisotopic (exact) mass is 222 g/mol. The first kappa shape index (κ1) is 13.0. The van der Waals surface area contributed by atoms with Crippen molar-refractivity contribution in [1.82, 2.24) is 9.88 Å². The van der Waals surface area contributed by atoms with E-state index in [1.807, 2.05) is 26.1 Å². The van der Waals surface area contributed by atoms with E-state index in [0.29, 0.717) is 5.92 Å². The molecule has 1 unspecified atom stereocenters. The average molecular weight is 222 g/mol. The summed E-state index contributed by atoms with van der Waals surface area (Å²) in [4.78, 5) is 11.4. The third-order valence-corrected chi connectivity index (χ3v) is 2.75. The van der Waals surface area contributed by atoms with Gasteiger partial charge in [0.05, 0.1) is 0 Å². The molecule has 1 aromatic heterocycles. The lowest BCUT2D eigenvalue weighted by Gasteiger charge is -2.23. The summed E-state index contributed by atoms with van der Waals surface area (Å²) in [6.07, 6.45) is 4.33. The molecule has 0 aliphatic carbocycles. The van der Waals surface area contributed by atoms with E-state index in [2.05, 4.69) is 5.32 Å². The number of pyridine rings is 1. The maximum atomic E-state index is 11.4. The topological polar surface area (TPSA) is 34.0 Å². The quantitative estimate of drug-likeness (QED) is 0.829. The molecule has 3 nitrogen and oxygen atoms in total. The molecule has 1 saturated heterocycles. The molecular formula is C13H22N2O. The Balaban J connectivity index is 0.000000606. The molecule has 2 heterocycles. The van der Waals surface area contributed by atoms with E-state index in [4.69, 9.17) is 0 Å². The van der Waals surface area contributed by atoms with Crippen molar-refractivity contribution in [1.29, 1.82) is 0 Å². The van der Waals surface area contributed by atoms with Gasteiger partial charge in [-0.05, 0) is 37.9 Å². The Bertz CT molecular complexity index is 340. The van der Waals surface area contributed by atoms with Crippen LogP contribution in [0.4, 0.5) is 0 Å². The lowest BCUT2D eigenvalue weighted by Crippen LogP contribution is -2.34. The second-order valence-electron chi connectivity index (χ2n) is 3.90. The summed E-state index contributed by atoms with van der Waals surface area (Å²) in [5.41, 5.74) is 0.109. The van der Waals surface area contributed by atoms with E-state index >= 15 is 0 Å². The molecule has 0 aromatic carbocycles. The number of piperidine rings is 1. The van der Waals surface area contributed by atoms with Gasteiger partial charge in [0.15, 0.2) is 0 Å². The first-order valence-electron chi connectivity index (χ1n) is 6.22. The molecule has 1 aliphatic rings. The van der Waals surface area contributed by atoms with Crippen molar-refractivity contribution in [2.24, 2.45) is 5.92 Å². The minimum absolute atomic E-state index is 0.109. The number of nitrogens with one attached hydrogen (secondary N) is 1. The third kappa shape index (κ3) is 3.81. The van der Waals surface area contributed by atoms with Crippen molar-refractivity contribution in [3.63, 3.8) is 0 Å². The molecule has 0 radical (unpaired) electrons. The molecule has 0 spiro atoms. The van der Waals surface area contributed by atoms with Crippen molar-refractivity contribution in [2.45, 2.75) is 33.2 Å². The lowest BCUT2D eigenvalue weighted by molar-refractivity contribution is 0.334. The van der Waals surface area contributed by atoms with Gasteiger partial charge < -0.3 is 9.88 Å². The van der Waals surface area contributed by atoms with E-state index in [-0.39, 0.29) is 5.56 Å². The van der Waals surface area contributed by atoms with Crippen LogP contribution in [0.1, 0.15) is 26.7 Å². The highest BCUT2D eigenvalue weighted by molar-refractivity contribution is 4.93. The van der Waals surface area contributed by atoms with Gasteiger partial charge >= 0.3 is 0 Å². The second kappa shape index (κ2) is 7.23. The molecular weight excluding hydrogens is 200 g/mol. The summed E-state index contributed by atoms with van der Waals surface area (Å²) >= 11 is 0. The van der Waals surface area contributed by atoms with Crippen LogP contribution in [-0.2, 0) is 6.54 Å². The van der Waals surface area contributed by atoms with Gasteiger partial charge in [0.25, 0.3) is 5.56 Å². The highest BCUT2D eigenvalue weighted by atomic mass is 16.1. The van der Waals surface area contributed by atoms with E-state index in [1.165, 1.54) is 12.8 Å². The van der Waals surface area contributed by atoms with Gasteiger partial charge in [-0.1, -0.05) is 19.9 Å². The molecule has 1 N–H and O–H groups in total. The Labute approximate surface area is 97.5 Å². The molecule has 1 aliphatic heterocycles. The largest absolute Gasteiger partial charge is 0.316 e. The summed E-state index contributed by atoms with van der Waals surface area (Å²) in [6, 6.07) is 5.33. The highest BCUT2D eigenvalue weighted by Crippen LogP contribution is 2.11. The number of aromatic nitrogens is 1. The SMILES string of the molecule is CC.O=c1ccccn1CC1CCCNC1. The second-order valence-corrected chi connectivity index (χ2v) is 3.90. The zero-order valence-corrected chi connectivity index (χ0v) is 10.3. The van der Waals surface area contributed by atoms with Crippen LogP contribution in [0.2, 0.25) is 0 Å². The summed E-state index contributed by atoms with van der Waals surface area (Å²) in [5, 5.41) is 3.36. The van der Waals surface area contributed by atoms with Gasteiger partial charge in [-0.25, -0.2) is 0 Å². The van der Waals surface area contributed by atoms with Crippen LogP contribution < -0.4 is 10.9 Å². The normalized spacial score (nSPS) is 19.8. The van der Waals surface area contributed by atoms with Crippen LogP contribution in [0.25, 0.3) is 0 Å². The van der Waals surface area contributed by atoms with E-state index in [1.54, 1.807) is 16.7 Å². The Morgan fingerprint density at radius 2 is 2.25 bits per heavy atom. The zero-order valence-electron chi connectivity index (χ0n) is 10.3. The minimum atomic E-state index is 0.109. The molecule has 1 fully saturated rings. The average Bonchev–Trinajstić information content (AvgIpc) is 2.36. The molecule has 2 rings (SSSR count). The maximum absolute atomic E-state index is 11.4. The predicted octanol–water partition coefficient (Wildman–Crippen LogP) is 1.87. The fraction of sp³-hybridized carbons (Fsp3) is 0.615. The first-order chi connectivity index (χ1) is 7.86. The zero-order chi connectivity index (χ0) is 11.8. The standard InChI is InChI=1S/C11H16N2O.C2H6/c14-11-5-1-2-7-13(11)9-10-4-3-6-12-8-10;1-2/h1-2,5,7,10,12H,3-4,6,8-9H2;1-2H3. The summed E-state index contributed by atoms with van der Waals surface area (Å²) in [7, 11) is 0. The smallest absolute Gasteiger partial charge is 0.250 e. The van der Waals surface area contributed by atoms with Gasteiger partial charge in [0.2, 0.25) is 0 Å². The molecule has 0 saturated carbocycles. The molecule has 0 amide bonds. The first-order valence-corrected chi connectivity index (χ1v) is 6.22. The summed E-state index contributed by atoms with van der Waals surface area (Å²) in [6.45, 7) is 7.02. The van der Waals surface area contributed by atoms with Crippen LogP contribution in [0.15, 0.2) is 29.2 Å². The van der Waals surface area contributed by atoms with Crippen LogP contribution in [-0.4, -0.2) is 17.7 Å². The van der Waals surface area contributed by atoms with Gasteiger partial charge in [0.1, 0.15) is 0 Å². The maximum Gasteiger partial charge on any atom is 0.250 e. The van der Waals surface area contributed by atoms with Crippen LogP contribution in [0.5, 0.6) is 0 Å². The molecule has 3 heteroatoms. The molecule has 1 atom stereocenters. The highest BCUT2D eigenvalue weighted by Gasteiger charge is 2.13. The summed E-state index contributed by atoms with van der Waals surface area (Å²) in [5.74, 6) is 0.615. The Morgan fingerprint density at radius 3 is 2.88 bits per heavy atom. The fourth-order valence-corrected chi connectivity index (χ4v) is 1.97. The van der Waals surface area contributed by atoms with E-state index in [9.17, 15) is 4.79 Å². The Hall–Kier alpha value is -1.09. The lowest BCUT2D eigenvalue weighted by atomic mass is 10.00. The van der Waals surface area contributed by atoms with Crippen molar-refractivity contribution >= 4 is 0 Å². The molecule has 90 valence electrons. The number of rotatable bonds is 2. The van der Waals surface area contributed by atoms with Crippen molar-refractivity contribution in [2.75, 3.05) is 13.1 Å². The predicted molar refractivity (Wildman–Crippen MR) is 67.6 cm³/mol. The Kier molecular flexibility index (Phi) is 5.86. The van der Waals surface area contributed by atoms with Crippen LogP contribution >= 0.6 is 0 Å².